The second-order valence-corrected chi connectivity index (χ2v) is 3.69. The van der Waals surface area contributed by atoms with Crippen molar-refractivity contribution in [1.29, 1.82) is 0 Å². The second kappa shape index (κ2) is 5.07. The Hall–Kier alpha value is -0.770. The molecule has 0 aromatic rings. The molecule has 1 saturated heterocycles. The molecular formula is C9H18N2O2. The molecular weight excluding hydrogens is 168 g/mol. The van der Waals surface area contributed by atoms with Crippen molar-refractivity contribution in [1.82, 2.24) is 10.6 Å². The van der Waals surface area contributed by atoms with Crippen LogP contribution in [0.25, 0.3) is 0 Å². The maximum atomic E-state index is 11.2. The molecule has 1 rings (SSSR count). The minimum atomic E-state index is -0.0921. The van der Waals surface area contributed by atoms with Crippen LogP contribution in [0.3, 0.4) is 0 Å². The molecule has 4 nitrogen and oxygen atoms in total. The van der Waals surface area contributed by atoms with Crippen molar-refractivity contribution in [2.75, 3.05) is 13.2 Å². The van der Waals surface area contributed by atoms with Crippen molar-refractivity contribution in [2.45, 2.75) is 38.8 Å². The van der Waals surface area contributed by atoms with E-state index in [1.54, 1.807) is 0 Å². The highest BCUT2D eigenvalue weighted by molar-refractivity contribution is 5.74. The highest BCUT2D eigenvalue weighted by Crippen LogP contribution is 2.05. The topological polar surface area (TPSA) is 50.4 Å². The van der Waals surface area contributed by atoms with Crippen LogP contribution in [-0.4, -0.2) is 31.3 Å². The highest BCUT2D eigenvalue weighted by Gasteiger charge is 2.15. The molecule has 2 amide bonds. The number of nitrogens with one attached hydrogen (secondary N) is 2. The molecule has 1 fully saturated rings. The zero-order chi connectivity index (χ0) is 9.68. The molecule has 1 atom stereocenters. The van der Waals surface area contributed by atoms with Crippen LogP contribution in [0, 0.1) is 0 Å². The Morgan fingerprint density at radius 3 is 2.85 bits per heavy atom. The molecule has 1 aliphatic rings. The number of ether oxygens (including phenoxy) is 1. The summed E-state index contributed by atoms with van der Waals surface area (Å²) in [6.07, 6.45) is 2.05. The van der Waals surface area contributed by atoms with Gasteiger partial charge in [-0.3, -0.25) is 0 Å². The van der Waals surface area contributed by atoms with Crippen LogP contribution in [0.1, 0.15) is 26.7 Å². The van der Waals surface area contributed by atoms with E-state index >= 15 is 0 Å². The first-order valence-electron chi connectivity index (χ1n) is 4.83. The van der Waals surface area contributed by atoms with E-state index in [4.69, 9.17) is 4.74 Å². The fourth-order valence-electron chi connectivity index (χ4n) is 1.34. The number of carbonyl (C=O) groups is 1. The van der Waals surface area contributed by atoms with Crippen LogP contribution in [0.15, 0.2) is 0 Å². The summed E-state index contributed by atoms with van der Waals surface area (Å²) < 4.78 is 5.25. The molecule has 0 aliphatic carbocycles. The van der Waals surface area contributed by atoms with E-state index in [1.165, 1.54) is 0 Å². The summed E-state index contributed by atoms with van der Waals surface area (Å²) in [4.78, 5) is 11.2. The Morgan fingerprint density at radius 1 is 1.54 bits per heavy atom. The zero-order valence-electron chi connectivity index (χ0n) is 8.30. The molecule has 1 aliphatic heterocycles. The summed E-state index contributed by atoms with van der Waals surface area (Å²) >= 11 is 0. The number of amides is 2. The smallest absolute Gasteiger partial charge is 0.315 e. The summed E-state index contributed by atoms with van der Waals surface area (Å²) in [5, 5.41) is 5.66. The maximum absolute atomic E-state index is 11.2. The first kappa shape index (κ1) is 10.3. The molecule has 0 spiro atoms. The Labute approximate surface area is 79.0 Å². The lowest BCUT2D eigenvalue weighted by Crippen LogP contribution is -2.47. The largest absolute Gasteiger partial charge is 0.379 e. The molecule has 0 aromatic heterocycles. The van der Waals surface area contributed by atoms with Crippen molar-refractivity contribution in [3.05, 3.63) is 0 Å². The van der Waals surface area contributed by atoms with Gasteiger partial charge in [0.1, 0.15) is 0 Å². The predicted octanol–water partition coefficient (Wildman–Crippen LogP) is 0.873. The van der Waals surface area contributed by atoms with Gasteiger partial charge >= 0.3 is 6.03 Å². The molecule has 0 saturated carbocycles. The van der Waals surface area contributed by atoms with Gasteiger partial charge in [0.05, 0.1) is 12.6 Å². The van der Waals surface area contributed by atoms with Crippen LogP contribution < -0.4 is 10.6 Å². The van der Waals surface area contributed by atoms with Crippen molar-refractivity contribution in [3.8, 4) is 0 Å². The standard InChI is InChI=1S/C9H18N2O2/c1-7(2)10-9(12)11-8-4-3-5-13-6-8/h7-8H,3-6H2,1-2H3,(H2,10,11,12). The lowest BCUT2D eigenvalue weighted by atomic mass is 10.1. The quantitative estimate of drug-likeness (QED) is 0.672. The summed E-state index contributed by atoms with van der Waals surface area (Å²) in [5.74, 6) is 0. The molecule has 2 N–H and O–H groups in total. The van der Waals surface area contributed by atoms with E-state index in [2.05, 4.69) is 10.6 Å². The Bertz CT molecular complexity index is 165. The van der Waals surface area contributed by atoms with Gasteiger partial charge in [-0.05, 0) is 26.7 Å². The van der Waals surface area contributed by atoms with Gasteiger partial charge in [0.15, 0.2) is 0 Å². The lowest BCUT2D eigenvalue weighted by Gasteiger charge is -2.23. The fourth-order valence-corrected chi connectivity index (χ4v) is 1.34. The predicted molar refractivity (Wildman–Crippen MR) is 50.6 cm³/mol. The average molecular weight is 186 g/mol. The lowest BCUT2D eigenvalue weighted by molar-refractivity contribution is 0.0731. The van der Waals surface area contributed by atoms with E-state index in [-0.39, 0.29) is 18.1 Å². The Kier molecular flexibility index (Phi) is 4.02. The van der Waals surface area contributed by atoms with E-state index in [0.29, 0.717) is 6.61 Å². The third-order valence-electron chi connectivity index (χ3n) is 1.92. The van der Waals surface area contributed by atoms with E-state index in [9.17, 15) is 4.79 Å². The first-order chi connectivity index (χ1) is 6.18. The minimum absolute atomic E-state index is 0.0921. The van der Waals surface area contributed by atoms with Gasteiger partial charge in [-0.1, -0.05) is 0 Å². The molecule has 0 radical (unpaired) electrons. The molecule has 13 heavy (non-hydrogen) atoms. The minimum Gasteiger partial charge on any atom is -0.379 e. The highest BCUT2D eigenvalue weighted by atomic mass is 16.5. The second-order valence-electron chi connectivity index (χ2n) is 3.69. The number of carbonyl (C=O) groups excluding carboxylic acids is 1. The SMILES string of the molecule is CC(C)NC(=O)NC1CCCOC1. The number of urea groups is 1. The molecule has 0 bridgehead atoms. The Morgan fingerprint density at radius 2 is 2.31 bits per heavy atom. The molecule has 1 unspecified atom stereocenters. The third kappa shape index (κ3) is 4.12. The van der Waals surface area contributed by atoms with Crippen LogP contribution in [0.5, 0.6) is 0 Å². The van der Waals surface area contributed by atoms with E-state index in [0.717, 1.165) is 19.4 Å². The number of rotatable bonds is 2. The molecule has 1 heterocycles. The van der Waals surface area contributed by atoms with Gasteiger partial charge in [0.2, 0.25) is 0 Å². The number of hydrogen-bond acceptors (Lipinski definition) is 2. The van der Waals surface area contributed by atoms with Crippen molar-refractivity contribution >= 4 is 6.03 Å². The van der Waals surface area contributed by atoms with Crippen LogP contribution in [-0.2, 0) is 4.74 Å². The third-order valence-corrected chi connectivity index (χ3v) is 1.92. The summed E-state index contributed by atoms with van der Waals surface area (Å²) in [6, 6.07) is 0.280. The van der Waals surface area contributed by atoms with Crippen LogP contribution in [0.4, 0.5) is 4.79 Å². The van der Waals surface area contributed by atoms with Gasteiger partial charge in [-0.2, -0.15) is 0 Å². The van der Waals surface area contributed by atoms with Gasteiger partial charge < -0.3 is 15.4 Å². The van der Waals surface area contributed by atoms with Crippen molar-refractivity contribution < 1.29 is 9.53 Å². The first-order valence-corrected chi connectivity index (χ1v) is 4.83. The van der Waals surface area contributed by atoms with Crippen LogP contribution >= 0.6 is 0 Å². The summed E-state index contributed by atoms with van der Waals surface area (Å²) in [5.41, 5.74) is 0. The molecule has 4 heteroatoms. The van der Waals surface area contributed by atoms with Crippen molar-refractivity contribution in [2.24, 2.45) is 0 Å². The maximum Gasteiger partial charge on any atom is 0.315 e. The van der Waals surface area contributed by atoms with Gasteiger partial charge in [-0.15, -0.1) is 0 Å². The molecule has 76 valence electrons. The summed E-state index contributed by atoms with van der Waals surface area (Å²) in [6.45, 7) is 5.35. The van der Waals surface area contributed by atoms with Crippen molar-refractivity contribution in [3.63, 3.8) is 0 Å². The van der Waals surface area contributed by atoms with Gasteiger partial charge in [0, 0.05) is 12.6 Å². The molecule has 0 aromatic carbocycles. The monoisotopic (exact) mass is 186 g/mol. The van der Waals surface area contributed by atoms with E-state index in [1.807, 2.05) is 13.8 Å². The van der Waals surface area contributed by atoms with Gasteiger partial charge in [0.25, 0.3) is 0 Å². The van der Waals surface area contributed by atoms with Crippen LogP contribution in [0.2, 0.25) is 0 Å². The normalized spacial score (nSPS) is 22.8. The van der Waals surface area contributed by atoms with E-state index < -0.39 is 0 Å². The average Bonchev–Trinajstić information content (AvgIpc) is 2.04. The zero-order valence-corrected chi connectivity index (χ0v) is 8.30. The van der Waals surface area contributed by atoms with Gasteiger partial charge in [-0.25, -0.2) is 4.79 Å². The number of hydrogen-bond donors (Lipinski definition) is 2. The fraction of sp³-hybridized carbons (Fsp3) is 0.889. The summed E-state index contributed by atoms with van der Waals surface area (Å²) in [7, 11) is 0. The Balaban J connectivity index is 2.18.